The van der Waals surface area contributed by atoms with Gasteiger partial charge in [0.25, 0.3) is 0 Å². The molecule has 2 aromatic rings. The Kier molecular flexibility index (Phi) is 4.92. The number of hydrogen-bond acceptors (Lipinski definition) is 5. The van der Waals surface area contributed by atoms with E-state index in [2.05, 4.69) is 20.8 Å². The molecule has 1 aliphatic heterocycles. The molecular weight excluding hydrogens is 329 g/mol. The van der Waals surface area contributed by atoms with Crippen molar-refractivity contribution in [3.8, 4) is 0 Å². The summed E-state index contributed by atoms with van der Waals surface area (Å²) in [6, 6.07) is 4.75. The van der Waals surface area contributed by atoms with Gasteiger partial charge in [0.2, 0.25) is 11.8 Å². The second-order valence-electron chi connectivity index (χ2n) is 5.60. The molecule has 2 heterocycles. The summed E-state index contributed by atoms with van der Waals surface area (Å²) >= 11 is 0. The molecule has 0 aliphatic carbocycles. The fraction of sp³-hybridized carbons (Fsp3) is 0.375. The number of carbonyl (C=O) groups excluding carboxylic acids is 2. The van der Waals surface area contributed by atoms with Gasteiger partial charge in [-0.25, -0.2) is 9.18 Å². The maximum Gasteiger partial charge on any atom is 0.319 e. The van der Waals surface area contributed by atoms with Gasteiger partial charge in [-0.1, -0.05) is 5.16 Å². The Morgan fingerprint density at radius 2 is 2.16 bits per heavy atom. The van der Waals surface area contributed by atoms with E-state index in [0.29, 0.717) is 36.8 Å². The van der Waals surface area contributed by atoms with E-state index < -0.39 is 6.03 Å². The molecule has 132 valence electrons. The number of nitrogens with one attached hydrogen (secondary N) is 2. The third-order valence-electron chi connectivity index (χ3n) is 3.95. The summed E-state index contributed by atoms with van der Waals surface area (Å²) in [6.45, 7) is 2.55. The highest BCUT2D eigenvalue weighted by atomic mass is 19.1. The van der Waals surface area contributed by atoms with Crippen molar-refractivity contribution in [2.75, 3.05) is 11.9 Å². The average molecular weight is 347 g/mol. The fourth-order valence-corrected chi connectivity index (χ4v) is 2.73. The van der Waals surface area contributed by atoms with Gasteiger partial charge in [-0.2, -0.15) is 4.98 Å². The third-order valence-corrected chi connectivity index (χ3v) is 3.95. The average Bonchev–Trinajstić information content (AvgIpc) is 3.21. The van der Waals surface area contributed by atoms with E-state index >= 15 is 0 Å². The number of anilines is 1. The van der Waals surface area contributed by atoms with Crippen molar-refractivity contribution in [2.24, 2.45) is 0 Å². The van der Waals surface area contributed by atoms with Crippen molar-refractivity contribution in [3.05, 3.63) is 41.8 Å². The Morgan fingerprint density at radius 1 is 1.40 bits per heavy atom. The largest absolute Gasteiger partial charge is 0.337 e. The Bertz CT molecular complexity index is 761. The van der Waals surface area contributed by atoms with Crippen LogP contribution in [0.2, 0.25) is 0 Å². The van der Waals surface area contributed by atoms with Crippen molar-refractivity contribution in [3.63, 3.8) is 0 Å². The number of amides is 3. The van der Waals surface area contributed by atoms with Crippen LogP contribution in [0.15, 0.2) is 28.8 Å². The summed E-state index contributed by atoms with van der Waals surface area (Å²) in [7, 11) is 0. The van der Waals surface area contributed by atoms with E-state index in [-0.39, 0.29) is 24.3 Å². The van der Waals surface area contributed by atoms with Crippen molar-refractivity contribution < 1.29 is 18.5 Å². The van der Waals surface area contributed by atoms with Gasteiger partial charge in [0.05, 0.1) is 6.54 Å². The molecule has 2 N–H and O–H groups in total. The monoisotopic (exact) mass is 347 g/mol. The molecule has 0 unspecified atom stereocenters. The quantitative estimate of drug-likeness (QED) is 0.864. The predicted molar refractivity (Wildman–Crippen MR) is 85.9 cm³/mol. The zero-order chi connectivity index (χ0) is 17.8. The molecule has 3 amide bonds. The first-order valence-corrected chi connectivity index (χ1v) is 7.99. The van der Waals surface area contributed by atoms with Crippen molar-refractivity contribution in [1.82, 2.24) is 20.4 Å². The summed E-state index contributed by atoms with van der Waals surface area (Å²) in [6.07, 6.45) is 1.11. The molecule has 1 aromatic carbocycles. The van der Waals surface area contributed by atoms with Crippen LogP contribution in [0.25, 0.3) is 0 Å². The lowest BCUT2D eigenvalue weighted by atomic mass is 10.2. The van der Waals surface area contributed by atoms with Gasteiger partial charge < -0.3 is 20.1 Å². The van der Waals surface area contributed by atoms with Crippen LogP contribution in [0.1, 0.15) is 37.5 Å². The van der Waals surface area contributed by atoms with Crippen LogP contribution in [-0.2, 0) is 11.3 Å². The molecule has 1 aliphatic rings. The van der Waals surface area contributed by atoms with E-state index in [9.17, 15) is 14.0 Å². The minimum absolute atomic E-state index is 0.0727. The molecule has 8 nitrogen and oxygen atoms in total. The highest BCUT2D eigenvalue weighted by Crippen LogP contribution is 2.31. The van der Waals surface area contributed by atoms with Crippen molar-refractivity contribution >= 4 is 17.6 Å². The van der Waals surface area contributed by atoms with E-state index in [4.69, 9.17) is 4.52 Å². The van der Waals surface area contributed by atoms with E-state index in [0.717, 1.165) is 0 Å². The maximum absolute atomic E-state index is 12.8. The lowest BCUT2D eigenvalue weighted by molar-refractivity contribution is -0.129. The lowest BCUT2D eigenvalue weighted by Crippen LogP contribution is -2.29. The van der Waals surface area contributed by atoms with Crippen molar-refractivity contribution in [2.45, 2.75) is 32.4 Å². The van der Waals surface area contributed by atoms with Crippen LogP contribution in [0.3, 0.4) is 0 Å². The van der Waals surface area contributed by atoms with Crippen LogP contribution >= 0.6 is 0 Å². The summed E-state index contributed by atoms with van der Waals surface area (Å²) in [5.41, 5.74) is 0.468. The first-order chi connectivity index (χ1) is 12.1. The number of carbonyl (C=O) groups is 2. The zero-order valence-corrected chi connectivity index (χ0v) is 13.7. The standard InChI is InChI=1S/C16H18FN5O3/c1-2-22-12(7-8-14(22)23)15-20-13(21-25-15)9-18-16(24)19-11-5-3-10(17)4-6-11/h3-6,12H,2,7-9H2,1H3,(H2,18,19,24)/t12-/m0/s1. The number of benzene rings is 1. The topological polar surface area (TPSA) is 100 Å². The van der Waals surface area contributed by atoms with Crippen LogP contribution < -0.4 is 10.6 Å². The molecule has 0 saturated carbocycles. The molecule has 1 atom stereocenters. The number of halogens is 1. The van der Waals surface area contributed by atoms with Crippen LogP contribution in [-0.4, -0.2) is 33.5 Å². The van der Waals surface area contributed by atoms with Crippen LogP contribution in [0, 0.1) is 5.82 Å². The second kappa shape index (κ2) is 7.29. The van der Waals surface area contributed by atoms with Gasteiger partial charge in [-0.05, 0) is 37.6 Å². The highest BCUT2D eigenvalue weighted by molar-refractivity contribution is 5.89. The van der Waals surface area contributed by atoms with Gasteiger partial charge >= 0.3 is 6.03 Å². The number of likely N-dealkylation sites (tertiary alicyclic amines) is 1. The van der Waals surface area contributed by atoms with E-state index in [1.54, 1.807) is 4.90 Å². The van der Waals surface area contributed by atoms with Gasteiger partial charge in [0.15, 0.2) is 5.82 Å². The summed E-state index contributed by atoms with van der Waals surface area (Å²) < 4.78 is 18.0. The predicted octanol–water partition coefficient (Wildman–Crippen LogP) is 2.21. The molecular formula is C16H18FN5O3. The molecule has 1 aromatic heterocycles. The smallest absolute Gasteiger partial charge is 0.319 e. The Morgan fingerprint density at radius 3 is 2.88 bits per heavy atom. The number of hydrogen-bond donors (Lipinski definition) is 2. The van der Waals surface area contributed by atoms with Crippen LogP contribution in [0.4, 0.5) is 14.9 Å². The first-order valence-electron chi connectivity index (χ1n) is 7.99. The lowest BCUT2D eigenvalue weighted by Gasteiger charge is -2.19. The number of aromatic nitrogens is 2. The minimum atomic E-state index is -0.468. The fourth-order valence-electron chi connectivity index (χ4n) is 2.73. The summed E-state index contributed by atoms with van der Waals surface area (Å²) in [4.78, 5) is 29.5. The third kappa shape index (κ3) is 3.93. The van der Waals surface area contributed by atoms with Gasteiger partial charge in [-0.3, -0.25) is 4.79 Å². The normalized spacial score (nSPS) is 17.0. The Balaban J connectivity index is 1.54. The van der Waals surface area contributed by atoms with E-state index in [1.807, 2.05) is 6.92 Å². The van der Waals surface area contributed by atoms with Gasteiger partial charge in [0.1, 0.15) is 11.9 Å². The molecule has 1 fully saturated rings. The maximum atomic E-state index is 12.8. The van der Waals surface area contributed by atoms with Crippen LogP contribution in [0.5, 0.6) is 0 Å². The minimum Gasteiger partial charge on any atom is -0.337 e. The zero-order valence-electron chi connectivity index (χ0n) is 13.7. The van der Waals surface area contributed by atoms with E-state index in [1.165, 1.54) is 24.3 Å². The van der Waals surface area contributed by atoms with Gasteiger partial charge in [0, 0.05) is 18.7 Å². The highest BCUT2D eigenvalue weighted by Gasteiger charge is 2.34. The molecule has 25 heavy (non-hydrogen) atoms. The molecule has 9 heteroatoms. The number of urea groups is 1. The molecule has 0 radical (unpaired) electrons. The second-order valence-corrected chi connectivity index (χ2v) is 5.60. The Hall–Kier alpha value is -2.97. The molecule has 0 bridgehead atoms. The molecule has 0 spiro atoms. The molecule has 1 saturated heterocycles. The SMILES string of the molecule is CCN1C(=O)CC[C@H]1c1nc(CNC(=O)Nc2ccc(F)cc2)no1. The molecule has 3 rings (SSSR count). The summed E-state index contributed by atoms with van der Waals surface area (Å²) in [5.74, 6) is 0.393. The van der Waals surface area contributed by atoms with Crippen molar-refractivity contribution in [1.29, 1.82) is 0 Å². The number of rotatable bonds is 5. The Labute approximate surface area is 143 Å². The summed E-state index contributed by atoms with van der Waals surface area (Å²) in [5, 5.41) is 8.99. The van der Waals surface area contributed by atoms with Gasteiger partial charge in [-0.15, -0.1) is 0 Å². The number of nitrogens with zero attached hydrogens (tertiary/aromatic N) is 3. The first kappa shape index (κ1) is 16.9.